The Morgan fingerprint density at radius 3 is 2.69 bits per heavy atom. The van der Waals surface area contributed by atoms with Crippen molar-refractivity contribution in [2.24, 2.45) is 12.5 Å². The molecule has 1 saturated carbocycles. The number of hydrogen-bond donors (Lipinski definition) is 0. The molecular weight excluding hydrogens is 439 g/mol. The molecule has 0 radical (unpaired) electrons. The minimum atomic E-state index is -4.28. The van der Waals surface area contributed by atoms with E-state index in [2.05, 4.69) is 20.1 Å². The molecule has 3 aromatic rings. The second-order valence-electron chi connectivity index (χ2n) is 8.75. The van der Waals surface area contributed by atoms with Gasteiger partial charge in [0.1, 0.15) is 0 Å². The van der Waals surface area contributed by atoms with Crippen LogP contribution in [0.4, 0.5) is 13.2 Å². The van der Waals surface area contributed by atoms with Crippen LogP contribution in [0, 0.1) is 12.3 Å². The number of aryl methyl sites for hydroxylation is 1. The number of oxazole rings is 1. The molecule has 1 aliphatic carbocycles. The van der Waals surface area contributed by atoms with Gasteiger partial charge in [-0.1, -0.05) is 23.9 Å². The van der Waals surface area contributed by atoms with E-state index in [1.807, 2.05) is 18.5 Å². The lowest BCUT2D eigenvalue weighted by Crippen LogP contribution is -2.24. The summed E-state index contributed by atoms with van der Waals surface area (Å²) in [5, 5.41) is 9.36. The fraction of sp³-hybridized carbons (Fsp3) is 0.500. The topological polar surface area (TPSA) is 60.0 Å². The van der Waals surface area contributed by atoms with E-state index < -0.39 is 11.7 Å². The Kier molecular flexibility index (Phi) is 5.32. The van der Waals surface area contributed by atoms with Gasteiger partial charge in [-0.15, -0.1) is 10.2 Å². The molecule has 2 fully saturated rings. The van der Waals surface area contributed by atoms with Crippen molar-refractivity contribution in [3.8, 4) is 11.6 Å². The Balaban J connectivity index is 1.14. The number of hydrogen-bond acceptors (Lipinski definition) is 6. The Morgan fingerprint density at radius 1 is 1.22 bits per heavy atom. The molecule has 2 atom stereocenters. The zero-order valence-corrected chi connectivity index (χ0v) is 18.7. The molecule has 1 unspecified atom stereocenters. The van der Waals surface area contributed by atoms with Crippen LogP contribution in [0.25, 0.3) is 11.6 Å². The summed E-state index contributed by atoms with van der Waals surface area (Å²) in [6.45, 7) is 4.84. The van der Waals surface area contributed by atoms with E-state index in [9.17, 15) is 13.2 Å². The Labute approximate surface area is 188 Å². The zero-order chi connectivity index (χ0) is 22.5. The third kappa shape index (κ3) is 3.94. The van der Waals surface area contributed by atoms with Gasteiger partial charge in [0.25, 0.3) is 0 Å². The van der Waals surface area contributed by atoms with Crippen LogP contribution in [0.1, 0.15) is 35.6 Å². The van der Waals surface area contributed by atoms with Crippen molar-refractivity contribution in [1.29, 1.82) is 0 Å². The smallest absolute Gasteiger partial charge is 0.416 e. The second-order valence-corrected chi connectivity index (χ2v) is 9.81. The molecule has 1 spiro atoms. The van der Waals surface area contributed by atoms with Crippen LogP contribution in [0.15, 0.2) is 40.2 Å². The third-order valence-electron chi connectivity index (χ3n) is 6.72. The first-order valence-electron chi connectivity index (χ1n) is 10.6. The fourth-order valence-electron chi connectivity index (χ4n) is 4.77. The molecule has 3 heterocycles. The van der Waals surface area contributed by atoms with E-state index in [0.717, 1.165) is 54.6 Å². The summed E-state index contributed by atoms with van der Waals surface area (Å²) in [5.41, 5.74) is 1.47. The first-order valence-corrected chi connectivity index (χ1v) is 11.6. The molecule has 5 rings (SSSR count). The largest absolute Gasteiger partial charge is 0.440 e. The molecule has 6 nitrogen and oxygen atoms in total. The van der Waals surface area contributed by atoms with Gasteiger partial charge in [0.15, 0.2) is 17.3 Å². The molecule has 0 N–H and O–H groups in total. The molecule has 1 aromatic carbocycles. The molecule has 0 amide bonds. The van der Waals surface area contributed by atoms with Gasteiger partial charge in [0, 0.05) is 25.9 Å². The normalized spacial score (nSPS) is 23.3. The lowest BCUT2D eigenvalue weighted by molar-refractivity contribution is -0.137. The SMILES string of the molecule is Cc1ncoc1-c1nnc(SCCN2CC[C@]3(CC3c3ccc(C(F)(F)F)cc3)C2)n1C. The minimum absolute atomic E-state index is 0.228. The number of alkyl halides is 3. The summed E-state index contributed by atoms with van der Waals surface area (Å²) in [4.78, 5) is 6.56. The average molecular weight is 464 g/mol. The standard InChI is InChI=1S/C22H24F3N5OS/c1-14-18(31-13-26-14)19-27-28-20(29(19)2)32-10-9-30-8-7-21(12-30)11-17(21)15-3-5-16(6-4-15)22(23,24)25/h3-6,13,17H,7-12H2,1-2H3/t17?,21-/m0/s1. The van der Waals surface area contributed by atoms with Crippen LogP contribution >= 0.6 is 11.8 Å². The predicted octanol–water partition coefficient (Wildman–Crippen LogP) is 4.77. The van der Waals surface area contributed by atoms with E-state index in [4.69, 9.17) is 4.42 Å². The van der Waals surface area contributed by atoms with E-state index >= 15 is 0 Å². The number of aromatic nitrogens is 4. The molecule has 10 heteroatoms. The quantitative estimate of drug-likeness (QED) is 0.491. The van der Waals surface area contributed by atoms with Gasteiger partial charge >= 0.3 is 6.18 Å². The zero-order valence-electron chi connectivity index (χ0n) is 17.9. The summed E-state index contributed by atoms with van der Waals surface area (Å²) in [6.07, 6.45) is -0.711. The Hall–Kier alpha value is -2.33. The highest BCUT2D eigenvalue weighted by atomic mass is 32.2. The van der Waals surface area contributed by atoms with Crippen molar-refractivity contribution >= 4 is 11.8 Å². The minimum Gasteiger partial charge on any atom is -0.440 e. The van der Waals surface area contributed by atoms with Gasteiger partial charge in [-0.05, 0) is 55.3 Å². The van der Waals surface area contributed by atoms with Crippen LogP contribution in [0.5, 0.6) is 0 Å². The summed E-state index contributed by atoms with van der Waals surface area (Å²) < 4.78 is 45.8. The van der Waals surface area contributed by atoms with Crippen LogP contribution in [0.2, 0.25) is 0 Å². The van der Waals surface area contributed by atoms with Gasteiger partial charge < -0.3 is 13.9 Å². The number of nitrogens with zero attached hydrogens (tertiary/aromatic N) is 5. The molecule has 32 heavy (non-hydrogen) atoms. The molecule has 2 aliphatic rings. The van der Waals surface area contributed by atoms with Crippen molar-refractivity contribution in [2.45, 2.75) is 37.0 Å². The van der Waals surface area contributed by atoms with E-state index in [1.165, 1.54) is 18.5 Å². The molecule has 0 bridgehead atoms. The van der Waals surface area contributed by atoms with Crippen LogP contribution in [-0.2, 0) is 13.2 Å². The van der Waals surface area contributed by atoms with E-state index in [0.29, 0.717) is 17.5 Å². The Bertz CT molecular complexity index is 1110. The molecular formula is C22H24F3N5OS. The first kappa shape index (κ1) is 21.5. The van der Waals surface area contributed by atoms with Crippen molar-refractivity contribution in [3.05, 3.63) is 47.5 Å². The van der Waals surface area contributed by atoms with Crippen molar-refractivity contribution in [1.82, 2.24) is 24.6 Å². The highest BCUT2D eigenvalue weighted by molar-refractivity contribution is 7.99. The molecule has 2 aromatic heterocycles. The van der Waals surface area contributed by atoms with Gasteiger partial charge in [-0.3, -0.25) is 0 Å². The first-order chi connectivity index (χ1) is 15.3. The molecule has 170 valence electrons. The second kappa shape index (κ2) is 7.91. The number of halogens is 3. The Morgan fingerprint density at radius 2 is 2.00 bits per heavy atom. The highest BCUT2D eigenvalue weighted by Crippen LogP contribution is 2.64. The van der Waals surface area contributed by atoms with Crippen LogP contribution in [0.3, 0.4) is 0 Å². The average Bonchev–Trinajstić information content (AvgIpc) is 3.02. The van der Waals surface area contributed by atoms with E-state index in [1.54, 1.807) is 23.9 Å². The molecule has 1 aliphatic heterocycles. The maximum atomic E-state index is 12.8. The van der Waals surface area contributed by atoms with Crippen molar-refractivity contribution in [3.63, 3.8) is 0 Å². The fourth-order valence-corrected chi connectivity index (χ4v) is 5.68. The van der Waals surface area contributed by atoms with Crippen LogP contribution < -0.4 is 0 Å². The van der Waals surface area contributed by atoms with E-state index in [-0.39, 0.29) is 5.41 Å². The maximum absolute atomic E-state index is 12.8. The summed E-state index contributed by atoms with van der Waals surface area (Å²) >= 11 is 1.66. The number of thioether (sulfide) groups is 1. The highest BCUT2D eigenvalue weighted by Gasteiger charge is 2.57. The monoisotopic (exact) mass is 463 g/mol. The van der Waals surface area contributed by atoms with Crippen molar-refractivity contribution in [2.75, 3.05) is 25.4 Å². The summed E-state index contributed by atoms with van der Waals surface area (Å²) in [5.74, 6) is 2.56. The van der Waals surface area contributed by atoms with Gasteiger partial charge in [-0.25, -0.2) is 4.98 Å². The summed E-state index contributed by atoms with van der Waals surface area (Å²) in [7, 11) is 1.92. The maximum Gasteiger partial charge on any atom is 0.416 e. The van der Waals surface area contributed by atoms with Gasteiger partial charge in [-0.2, -0.15) is 13.2 Å². The summed E-state index contributed by atoms with van der Waals surface area (Å²) in [6, 6.07) is 5.73. The lowest BCUT2D eigenvalue weighted by Gasteiger charge is -2.16. The van der Waals surface area contributed by atoms with Gasteiger partial charge in [0.05, 0.1) is 11.3 Å². The number of benzene rings is 1. The predicted molar refractivity (Wildman–Crippen MR) is 114 cm³/mol. The molecule has 1 saturated heterocycles. The van der Waals surface area contributed by atoms with Crippen LogP contribution in [-0.4, -0.2) is 50.0 Å². The third-order valence-corrected chi connectivity index (χ3v) is 7.72. The number of likely N-dealkylation sites (tertiary alicyclic amines) is 1. The van der Waals surface area contributed by atoms with Gasteiger partial charge in [0.2, 0.25) is 5.82 Å². The van der Waals surface area contributed by atoms with Crippen molar-refractivity contribution < 1.29 is 17.6 Å². The number of rotatable bonds is 6. The lowest BCUT2D eigenvalue weighted by atomic mass is 9.97.